The van der Waals surface area contributed by atoms with E-state index in [1.165, 1.54) is 0 Å². The van der Waals surface area contributed by atoms with Crippen molar-refractivity contribution >= 4 is 26.7 Å². The third kappa shape index (κ3) is 2.85. The molecule has 0 N–H and O–H groups in total. The zero-order valence-electron chi connectivity index (χ0n) is 13.8. The summed E-state index contributed by atoms with van der Waals surface area (Å²) in [6.07, 6.45) is 0. The maximum absolute atomic E-state index is 12.8. The minimum Gasteiger partial charge on any atom is -0.467 e. The molecule has 5 heteroatoms. The van der Waals surface area contributed by atoms with Crippen molar-refractivity contribution in [3.05, 3.63) is 62.9 Å². The van der Waals surface area contributed by atoms with Gasteiger partial charge in [0.15, 0.2) is 6.79 Å². The van der Waals surface area contributed by atoms with E-state index in [2.05, 4.69) is 15.9 Å². The Hall–Kier alpha value is -2.11. The number of aryl methyl sites for hydroxylation is 1. The monoisotopic (exact) mass is 387 g/mol. The molecule has 0 fully saturated rings. The second kappa shape index (κ2) is 6.79. The number of hydrogen-bond acceptors (Lipinski definition) is 3. The molecule has 124 valence electrons. The van der Waals surface area contributed by atoms with Crippen LogP contribution in [0.15, 0.2) is 51.7 Å². The summed E-state index contributed by atoms with van der Waals surface area (Å²) < 4.78 is 13.2. The van der Waals surface area contributed by atoms with Crippen LogP contribution in [0.4, 0.5) is 0 Å². The van der Waals surface area contributed by atoms with Crippen molar-refractivity contribution < 1.29 is 9.47 Å². The van der Waals surface area contributed by atoms with Crippen LogP contribution in [0.25, 0.3) is 22.0 Å². The first-order valence-corrected chi connectivity index (χ1v) is 8.34. The number of para-hydroxylation sites is 1. The number of benzene rings is 2. The Kier molecular flexibility index (Phi) is 4.73. The molecule has 0 aliphatic heterocycles. The van der Waals surface area contributed by atoms with Gasteiger partial charge in [-0.2, -0.15) is 0 Å². The minimum atomic E-state index is -0.0338. The fraction of sp³-hybridized carbons (Fsp3) is 0.211. The van der Waals surface area contributed by atoms with E-state index in [1.54, 1.807) is 18.7 Å². The molecule has 3 rings (SSSR count). The highest BCUT2D eigenvalue weighted by Crippen LogP contribution is 2.37. The molecule has 3 aromatic rings. The molecule has 0 radical (unpaired) electrons. The maximum Gasteiger partial charge on any atom is 0.258 e. The highest BCUT2D eigenvalue weighted by atomic mass is 79.9. The van der Waals surface area contributed by atoms with Crippen LogP contribution >= 0.6 is 15.9 Å². The van der Waals surface area contributed by atoms with Gasteiger partial charge in [-0.05, 0) is 41.1 Å². The van der Waals surface area contributed by atoms with Crippen molar-refractivity contribution in [3.63, 3.8) is 0 Å². The van der Waals surface area contributed by atoms with E-state index in [4.69, 9.17) is 9.47 Å². The standard InChI is InChI=1S/C19H18BrNO3/c1-12-8-9-13-15(10-12)19(22)21(2)18(17(13)20)14-6-4-5-7-16(14)24-11-23-3/h4-10H,11H2,1-3H3. The Bertz CT molecular complexity index is 963. The number of fused-ring (bicyclic) bond motifs is 1. The highest BCUT2D eigenvalue weighted by Gasteiger charge is 2.17. The minimum absolute atomic E-state index is 0.0338. The first-order valence-electron chi connectivity index (χ1n) is 7.54. The third-order valence-electron chi connectivity index (χ3n) is 3.96. The molecule has 0 aliphatic carbocycles. The molecule has 0 aliphatic rings. The smallest absolute Gasteiger partial charge is 0.258 e. The molecular formula is C19H18BrNO3. The van der Waals surface area contributed by atoms with Gasteiger partial charge < -0.3 is 14.0 Å². The van der Waals surface area contributed by atoms with Crippen LogP contribution in [0.2, 0.25) is 0 Å². The molecule has 0 atom stereocenters. The molecule has 0 saturated carbocycles. The van der Waals surface area contributed by atoms with E-state index in [0.717, 1.165) is 26.7 Å². The summed E-state index contributed by atoms with van der Waals surface area (Å²) in [5, 5.41) is 1.59. The fourth-order valence-corrected chi connectivity index (χ4v) is 3.62. The Labute approximate surface area is 148 Å². The molecule has 1 aromatic heterocycles. The lowest BCUT2D eigenvalue weighted by Gasteiger charge is -2.17. The summed E-state index contributed by atoms with van der Waals surface area (Å²) in [7, 11) is 3.35. The molecule has 1 heterocycles. The zero-order valence-corrected chi connectivity index (χ0v) is 15.4. The van der Waals surface area contributed by atoms with Gasteiger partial charge in [0.25, 0.3) is 5.56 Å². The summed E-state index contributed by atoms with van der Waals surface area (Å²) in [4.78, 5) is 12.8. The number of methoxy groups -OCH3 is 1. The molecule has 24 heavy (non-hydrogen) atoms. The average Bonchev–Trinajstić information content (AvgIpc) is 2.59. The SMILES string of the molecule is COCOc1ccccc1-c1c(Br)c2ccc(C)cc2c(=O)n1C. The molecular weight excluding hydrogens is 370 g/mol. The Morgan fingerprint density at radius 3 is 2.62 bits per heavy atom. The number of aromatic nitrogens is 1. The lowest BCUT2D eigenvalue weighted by atomic mass is 10.0. The van der Waals surface area contributed by atoms with Crippen molar-refractivity contribution in [2.45, 2.75) is 6.92 Å². The second-order valence-corrected chi connectivity index (χ2v) is 6.42. The van der Waals surface area contributed by atoms with Crippen molar-refractivity contribution in [3.8, 4) is 17.0 Å². The normalized spacial score (nSPS) is 11.0. The van der Waals surface area contributed by atoms with Gasteiger partial charge in [-0.25, -0.2) is 0 Å². The number of hydrogen-bond donors (Lipinski definition) is 0. The second-order valence-electron chi connectivity index (χ2n) is 5.62. The molecule has 0 saturated heterocycles. The predicted octanol–water partition coefficient (Wildman–Crippen LogP) is 4.26. The third-order valence-corrected chi connectivity index (χ3v) is 4.77. The Balaban J connectivity index is 2.32. The molecule has 2 aromatic carbocycles. The van der Waals surface area contributed by atoms with Gasteiger partial charge in [-0.1, -0.05) is 29.8 Å². The number of ether oxygens (including phenoxy) is 2. The number of halogens is 1. The molecule has 0 bridgehead atoms. The number of pyridine rings is 1. The number of rotatable bonds is 4. The molecule has 0 unspecified atom stereocenters. The Morgan fingerprint density at radius 2 is 1.88 bits per heavy atom. The van der Waals surface area contributed by atoms with Gasteiger partial charge in [0.2, 0.25) is 0 Å². The lowest BCUT2D eigenvalue weighted by molar-refractivity contribution is 0.0515. The first-order chi connectivity index (χ1) is 11.5. The van der Waals surface area contributed by atoms with E-state index in [-0.39, 0.29) is 12.4 Å². The molecule has 0 spiro atoms. The van der Waals surface area contributed by atoms with E-state index in [9.17, 15) is 4.79 Å². The summed E-state index contributed by atoms with van der Waals surface area (Å²) in [6, 6.07) is 13.5. The van der Waals surface area contributed by atoms with Crippen LogP contribution < -0.4 is 10.3 Å². The fourth-order valence-electron chi connectivity index (χ4n) is 2.79. The first kappa shape index (κ1) is 16.7. The lowest BCUT2D eigenvalue weighted by Crippen LogP contribution is -2.19. The zero-order chi connectivity index (χ0) is 17.3. The maximum atomic E-state index is 12.8. The highest BCUT2D eigenvalue weighted by molar-refractivity contribution is 9.10. The van der Waals surface area contributed by atoms with Gasteiger partial charge in [0.1, 0.15) is 5.75 Å². The van der Waals surface area contributed by atoms with Gasteiger partial charge in [0, 0.05) is 30.5 Å². The summed E-state index contributed by atoms with van der Waals surface area (Å²) in [5.41, 5.74) is 2.64. The van der Waals surface area contributed by atoms with Crippen LogP contribution in [0.1, 0.15) is 5.56 Å². The van der Waals surface area contributed by atoms with Crippen LogP contribution in [0, 0.1) is 6.92 Å². The van der Waals surface area contributed by atoms with Gasteiger partial charge in [-0.3, -0.25) is 4.79 Å². The van der Waals surface area contributed by atoms with Crippen LogP contribution in [-0.4, -0.2) is 18.5 Å². The van der Waals surface area contributed by atoms with Crippen LogP contribution in [0.5, 0.6) is 5.75 Å². The van der Waals surface area contributed by atoms with E-state index >= 15 is 0 Å². The number of nitrogens with zero attached hydrogens (tertiary/aromatic N) is 1. The van der Waals surface area contributed by atoms with Crippen LogP contribution in [0.3, 0.4) is 0 Å². The van der Waals surface area contributed by atoms with E-state index < -0.39 is 0 Å². The molecule has 4 nitrogen and oxygen atoms in total. The van der Waals surface area contributed by atoms with Gasteiger partial charge >= 0.3 is 0 Å². The van der Waals surface area contributed by atoms with E-state index in [1.807, 2.05) is 49.4 Å². The van der Waals surface area contributed by atoms with Gasteiger partial charge in [0.05, 0.1) is 10.2 Å². The topological polar surface area (TPSA) is 40.5 Å². The van der Waals surface area contributed by atoms with Crippen molar-refractivity contribution in [2.75, 3.05) is 13.9 Å². The largest absolute Gasteiger partial charge is 0.467 e. The summed E-state index contributed by atoms with van der Waals surface area (Å²) in [6.45, 7) is 2.13. The van der Waals surface area contributed by atoms with E-state index in [0.29, 0.717) is 11.1 Å². The summed E-state index contributed by atoms with van der Waals surface area (Å²) >= 11 is 3.68. The van der Waals surface area contributed by atoms with Crippen LogP contribution in [-0.2, 0) is 11.8 Å². The predicted molar refractivity (Wildman–Crippen MR) is 99.6 cm³/mol. The average molecular weight is 388 g/mol. The molecule has 0 amide bonds. The van der Waals surface area contributed by atoms with Crippen molar-refractivity contribution in [1.29, 1.82) is 0 Å². The van der Waals surface area contributed by atoms with Gasteiger partial charge in [-0.15, -0.1) is 0 Å². The van der Waals surface area contributed by atoms with Crippen molar-refractivity contribution in [1.82, 2.24) is 4.57 Å². The quantitative estimate of drug-likeness (QED) is 0.628. The summed E-state index contributed by atoms with van der Waals surface area (Å²) in [5.74, 6) is 0.668. The van der Waals surface area contributed by atoms with Crippen molar-refractivity contribution in [2.24, 2.45) is 7.05 Å². The Morgan fingerprint density at radius 1 is 1.12 bits per heavy atom.